The standard InChI is InChI=1S/C17H15ClN2O3S/c1-22-11-6-7-13(12(18)10-11)19-16(21)8-9-20-14-4-2-3-5-15(14)23-17(20)24/h2-7,10H,8-9H2,1H3,(H,19,21). The maximum Gasteiger partial charge on any atom is 0.269 e. The van der Waals surface area contributed by atoms with Gasteiger partial charge in [-0.05, 0) is 36.5 Å². The van der Waals surface area contributed by atoms with E-state index in [1.54, 1.807) is 29.9 Å². The largest absolute Gasteiger partial charge is 0.497 e. The van der Waals surface area contributed by atoms with E-state index in [0.717, 1.165) is 5.52 Å². The van der Waals surface area contributed by atoms with Crippen molar-refractivity contribution in [2.24, 2.45) is 0 Å². The fourth-order valence-corrected chi connectivity index (χ4v) is 2.87. The van der Waals surface area contributed by atoms with E-state index < -0.39 is 0 Å². The first kappa shape index (κ1) is 16.5. The van der Waals surface area contributed by atoms with Gasteiger partial charge in [-0.3, -0.25) is 9.36 Å². The molecule has 0 unspecified atom stereocenters. The van der Waals surface area contributed by atoms with Gasteiger partial charge in [-0.25, -0.2) is 0 Å². The fraction of sp³-hybridized carbons (Fsp3) is 0.176. The number of para-hydroxylation sites is 2. The van der Waals surface area contributed by atoms with Crippen LogP contribution in [0.15, 0.2) is 46.9 Å². The fourth-order valence-electron chi connectivity index (χ4n) is 2.38. The predicted octanol–water partition coefficient (Wildman–Crippen LogP) is 4.65. The molecular formula is C17H15ClN2O3S. The number of aryl methyl sites for hydroxylation is 1. The third-order valence-electron chi connectivity index (χ3n) is 3.59. The summed E-state index contributed by atoms with van der Waals surface area (Å²) in [6, 6.07) is 12.6. The summed E-state index contributed by atoms with van der Waals surface area (Å²) in [6.45, 7) is 0.426. The van der Waals surface area contributed by atoms with Gasteiger partial charge < -0.3 is 14.5 Å². The van der Waals surface area contributed by atoms with Crippen molar-refractivity contribution in [1.29, 1.82) is 0 Å². The summed E-state index contributed by atoms with van der Waals surface area (Å²) in [5, 5.41) is 3.21. The maximum atomic E-state index is 12.2. The lowest BCUT2D eigenvalue weighted by molar-refractivity contribution is -0.116. The quantitative estimate of drug-likeness (QED) is 0.671. The Kier molecular flexibility index (Phi) is 4.87. The summed E-state index contributed by atoms with van der Waals surface area (Å²) in [5.41, 5.74) is 2.13. The molecule has 0 radical (unpaired) electrons. The minimum Gasteiger partial charge on any atom is -0.497 e. The van der Waals surface area contributed by atoms with E-state index in [-0.39, 0.29) is 12.3 Å². The monoisotopic (exact) mass is 362 g/mol. The highest BCUT2D eigenvalue weighted by atomic mass is 35.5. The Bertz CT molecular complexity index is 948. The number of nitrogens with zero attached hydrogens (tertiary/aromatic N) is 1. The summed E-state index contributed by atoms with van der Waals surface area (Å²) in [6.07, 6.45) is 0.250. The van der Waals surface area contributed by atoms with Gasteiger partial charge in [0, 0.05) is 19.0 Å². The molecule has 0 bridgehead atoms. The predicted molar refractivity (Wildman–Crippen MR) is 96.3 cm³/mol. The second-order valence-corrected chi connectivity index (χ2v) is 5.89. The number of anilines is 1. The average Bonchev–Trinajstić information content (AvgIpc) is 2.90. The van der Waals surface area contributed by atoms with E-state index in [1.807, 2.05) is 24.3 Å². The molecule has 3 aromatic rings. The molecule has 5 nitrogen and oxygen atoms in total. The van der Waals surface area contributed by atoms with Crippen LogP contribution in [0.25, 0.3) is 11.1 Å². The van der Waals surface area contributed by atoms with Crippen LogP contribution in [-0.4, -0.2) is 17.6 Å². The molecule has 24 heavy (non-hydrogen) atoms. The number of oxazole rings is 1. The summed E-state index contributed by atoms with van der Waals surface area (Å²) < 4.78 is 12.4. The van der Waals surface area contributed by atoms with Crippen LogP contribution < -0.4 is 10.1 Å². The number of nitrogens with one attached hydrogen (secondary N) is 1. The minimum absolute atomic E-state index is 0.158. The number of aromatic nitrogens is 1. The third kappa shape index (κ3) is 3.44. The Morgan fingerprint density at radius 1 is 1.33 bits per heavy atom. The topological polar surface area (TPSA) is 56.4 Å². The Labute approximate surface area is 148 Å². The van der Waals surface area contributed by atoms with Crippen LogP contribution in [0.5, 0.6) is 5.75 Å². The van der Waals surface area contributed by atoms with Crippen molar-refractivity contribution in [3.8, 4) is 5.75 Å². The van der Waals surface area contributed by atoms with E-state index in [2.05, 4.69) is 5.32 Å². The second kappa shape index (κ2) is 7.07. The average molecular weight is 363 g/mol. The number of ether oxygens (including phenoxy) is 1. The van der Waals surface area contributed by atoms with E-state index in [1.165, 1.54) is 0 Å². The SMILES string of the molecule is COc1ccc(NC(=O)CCn2c(=S)oc3ccccc32)c(Cl)c1. The van der Waals surface area contributed by atoms with Crippen molar-refractivity contribution in [3.05, 3.63) is 52.3 Å². The van der Waals surface area contributed by atoms with Gasteiger partial charge >= 0.3 is 0 Å². The third-order valence-corrected chi connectivity index (χ3v) is 4.20. The number of halogens is 1. The maximum absolute atomic E-state index is 12.2. The second-order valence-electron chi connectivity index (χ2n) is 5.13. The minimum atomic E-state index is -0.158. The van der Waals surface area contributed by atoms with Crippen molar-refractivity contribution in [2.45, 2.75) is 13.0 Å². The molecule has 0 spiro atoms. The smallest absolute Gasteiger partial charge is 0.269 e. The number of rotatable bonds is 5. The number of hydrogen-bond donors (Lipinski definition) is 1. The molecule has 1 heterocycles. The molecule has 0 fully saturated rings. The molecule has 1 amide bonds. The van der Waals surface area contributed by atoms with Crippen LogP contribution in [0.3, 0.4) is 0 Å². The number of benzene rings is 2. The number of carbonyl (C=O) groups excluding carboxylic acids is 1. The number of hydrogen-bond acceptors (Lipinski definition) is 4. The van der Waals surface area contributed by atoms with E-state index >= 15 is 0 Å². The van der Waals surface area contributed by atoms with Crippen molar-refractivity contribution in [2.75, 3.05) is 12.4 Å². The first-order valence-electron chi connectivity index (χ1n) is 7.30. The number of carbonyl (C=O) groups is 1. The molecule has 2 aromatic carbocycles. The van der Waals surface area contributed by atoms with Crippen molar-refractivity contribution >= 4 is 46.5 Å². The van der Waals surface area contributed by atoms with Gasteiger partial charge in [-0.2, -0.15) is 0 Å². The van der Waals surface area contributed by atoms with E-state index in [4.69, 9.17) is 33.0 Å². The zero-order chi connectivity index (χ0) is 17.1. The van der Waals surface area contributed by atoms with Crippen LogP contribution in [0.1, 0.15) is 6.42 Å². The molecule has 3 rings (SSSR count). The van der Waals surface area contributed by atoms with Crippen LogP contribution in [0.2, 0.25) is 5.02 Å². The molecule has 124 valence electrons. The van der Waals surface area contributed by atoms with Gasteiger partial charge in [0.05, 0.1) is 23.3 Å². The lowest BCUT2D eigenvalue weighted by Crippen LogP contribution is -2.14. The molecule has 0 atom stereocenters. The molecule has 7 heteroatoms. The Hall–Kier alpha value is -2.31. The summed E-state index contributed by atoms with van der Waals surface area (Å²) in [7, 11) is 1.56. The van der Waals surface area contributed by atoms with Crippen molar-refractivity contribution in [1.82, 2.24) is 4.57 Å². The highest BCUT2D eigenvalue weighted by Gasteiger charge is 2.10. The van der Waals surface area contributed by atoms with Gasteiger partial charge in [0.15, 0.2) is 5.58 Å². The van der Waals surface area contributed by atoms with Crippen LogP contribution in [0.4, 0.5) is 5.69 Å². The molecule has 0 aliphatic rings. The molecule has 1 N–H and O–H groups in total. The Balaban J connectivity index is 1.69. The zero-order valence-electron chi connectivity index (χ0n) is 12.9. The molecule has 0 aliphatic heterocycles. The van der Waals surface area contributed by atoms with Gasteiger partial charge in [-0.1, -0.05) is 23.7 Å². The lowest BCUT2D eigenvalue weighted by atomic mass is 10.2. The first-order chi connectivity index (χ1) is 11.6. The molecule has 0 aliphatic carbocycles. The van der Waals surface area contributed by atoms with Gasteiger partial charge in [-0.15, -0.1) is 0 Å². The first-order valence-corrected chi connectivity index (χ1v) is 8.09. The highest BCUT2D eigenvalue weighted by molar-refractivity contribution is 7.71. The van der Waals surface area contributed by atoms with Crippen molar-refractivity contribution < 1.29 is 13.9 Å². The number of fused-ring (bicyclic) bond motifs is 1. The Morgan fingerprint density at radius 3 is 2.88 bits per heavy atom. The lowest BCUT2D eigenvalue weighted by Gasteiger charge is -2.09. The van der Waals surface area contributed by atoms with Gasteiger partial charge in [0.25, 0.3) is 4.84 Å². The van der Waals surface area contributed by atoms with E-state index in [0.29, 0.717) is 33.4 Å². The summed E-state index contributed by atoms with van der Waals surface area (Å²) in [4.78, 5) is 12.5. The number of methoxy groups -OCH3 is 1. The molecule has 1 aromatic heterocycles. The van der Waals surface area contributed by atoms with Crippen LogP contribution >= 0.6 is 23.8 Å². The van der Waals surface area contributed by atoms with Crippen LogP contribution in [0, 0.1) is 4.84 Å². The summed E-state index contributed by atoms with van der Waals surface area (Å²) in [5.74, 6) is 0.475. The highest BCUT2D eigenvalue weighted by Crippen LogP contribution is 2.26. The zero-order valence-corrected chi connectivity index (χ0v) is 14.5. The normalized spacial score (nSPS) is 10.8. The van der Waals surface area contributed by atoms with E-state index in [9.17, 15) is 4.79 Å². The summed E-state index contributed by atoms with van der Waals surface area (Å²) >= 11 is 11.3. The van der Waals surface area contributed by atoms with Gasteiger partial charge in [0.2, 0.25) is 5.91 Å². The molecular weight excluding hydrogens is 348 g/mol. The van der Waals surface area contributed by atoms with Crippen molar-refractivity contribution in [3.63, 3.8) is 0 Å². The Morgan fingerprint density at radius 2 is 2.12 bits per heavy atom. The van der Waals surface area contributed by atoms with Gasteiger partial charge in [0.1, 0.15) is 5.75 Å². The van der Waals surface area contributed by atoms with Crippen LogP contribution in [-0.2, 0) is 11.3 Å². The molecule has 0 saturated heterocycles. The molecule has 0 saturated carbocycles. The number of amides is 1.